The number of pyridine rings is 1. The van der Waals surface area contributed by atoms with Crippen molar-refractivity contribution in [3.8, 4) is 5.88 Å². The number of anilines is 1. The van der Waals surface area contributed by atoms with Gasteiger partial charge in [0.2, 0.25) is 5.88 Å². The molecule has 5 aliphatic rings. The minimum Gasteiger partial charge on any atom is -0.474 e. The molecule has 7 heteroatoms. The molecule has 1 aromatic heterocycles. The van der Waals surface area contributed by atoms with Crippen LogP contribution < -0.4 is 25.6 Å². The molecule has 2 aliphatic carbocycles. The fourth-order valence-electron chi connectivity index (χ4n) is 5.08. The number of ether oxygens (including phenoxy) is 1. The minimum absolute atomic E-state index is 0.113. The average Bonchev–Trinajstić information content (AvgIpc) is 3.75. The quantitative estimate of drug-likeness (QED) is 0.638. The van der Waals surface area contributed by atoms with Crippen LogP contribution in [0.4, 0.5) is 5.69 Å². The van der Waals surface area contributed by atoms with Gasteiger partial charge in [0.05, 0.1) is 6.54 Å². The van der Waals surface area contributed by atoms with Crippen molar-refractivity contribution in [3.63, 3.8) is 0 Å². The molecule has 0 bridgehead atoms. The Hall–Kier alpha value is -2.54. The number of amides is 1. The Morgan fingerprint density at radius 3 is 2.78 bits per heavy atom. The Balaban J connectivity index is 1.19. The number of aromatic nitrogens is 1. The van der Waals surface area contributed by atoms with Crippen molar-refractivity contribution < 1.29 is 9.53 Å². The first-order chi connectivity index (χ1) is 15.7. The van der Waals surface area contributed by atoms with E-state index in [1.165, 1.54) is 37.1 Å². The summed E-state index contributed by atoms with van der Waals surface area (Å²) in [6.45, 7) is 4.15. The monoisotopic (exact) mass is 435 g/mol. The third-order valence-corrected chi connectivity index (χ3v) is 7.37. The van der Waals surface area contributed by atoms with E-state index in [4.69, 9.17) is 4.74 Å². The van der Waals surface area contributed by atoms with Crippen LogP contribution in [0.1, 0.15) is 49.0 Å². The minimum atomic E-state index is -0.113. The van der Waals surface area contributed by atoms with Crippen LogP contribution >= 0.6 is 0 Å². The van der Waals surface area contributed by atoms with E-state index >= 15 is 0 Å². The topological polar surface area (TPSA) is 78.5 Å². The number of carbonyl (C=O) groups excluding carboxylic acids is 1. The van der Waals surface area contributed by atoms with Gasteiger partial charge in [-0.3, -0.25) is 4.79 Å². The third kappa shape index (κ3) is 4.22. The number of allylic oxidation sites excluding steroid dienone is 2. The molecule has 1 aromatic rings. The Morgan fingerprint density at radius 1 is 1.16 bits per heavy atom. The summed E-state index contributed by atoms with van der Waals surface area (Å²) in [5.74, 6) is 2.46. The predicted octanol–water partition coefficient (Wildman–Crippen LogP) is 2.57. The maximum absolute atomic E-state index is 12.7. The largest absolute Gasteiger partial charge is 0.474 e. The van der Waals surface area contributed by atoms with Crippen molar-refractivity contribution in [1.29, 1.82) is 0 Å². The number of hydrogen-bond donors (Lipinski definition) is 3. The number of rotatable bonds is 6. The highest BCUT2D eigenvalue weighted by Gasteiger charge is 2.37. The summed E-state index contributed by atoms with van der Waals surface area (Å²) < 4.78 is 5.90. The maximum atomic E-state index is 12.7. The lowest BCUT2D eigenvalue weighted by molar-refractivity contribution is 0.0938. The van der Waals surface area contributed by atoms with Gasteiger partial charge in [0, 0.05) is 24.0 Å². The van der Waals surface area contributed by atoms with Crippen molar-refractivity contribution in [2.24, 2.45) is 17.8 Å². The predicted molar refractivity (Wildman–Crippen MR) is 124 cm³/mol. The normalized spacial score (nSPS) is 25.8. The van der Waals surface area contributed by atoms with E-state index in [1.807, 2.05) is 12.1 Å². The molecule has 0 radical (unpaired) electrons. The zero-order chi connectivity index (χ0) is 21.5. The van der Waals surface area contributed by atoms with Crippen molar-refractivity contribution >= 4 is 11.6 Å². The summed E-state index contributed by atoms with van der Waals surface area (Å²) in [5.41, 5.74) is 4.04. The summed E-state index contributed by atoms with van der Waals surface area (Å²) in [5, 5.41) is 10.2. The van der Waals surface area contributed by atoms with Gasteiger partial charge in [0.1, 0.15) is 18.0 Å². The molecule has 1 unspecified atom stereocenters. The van der Waals surface area contributed by atoms with Gasteiger partial charge in [-0.15, -0.1) is 0 Å². The van der Waals surface area contributed by atoms with Gasteiger partial charge in [0.15, 0.2) is 0 Å². The smallest absolute Gasteiger partial charge is 0.270 e. The van der Waals surface area contributed by atoms with Gasteiger partial charge >= 0.3 is 0 Å². The molecule has 0 aromatic carbocycles. The average molecular weight is 436 g/mol. The fourth-order valence-corrected chi connectivity index (χ4v) is 5.08. The van der Waals surface area contributed by atoms with Crippen LogP contribution in [0.5, 0.6) is 5.88 Å². The number of hydrogen-bond acceptors (Lipinski definition) is 6. The van der Waals surface area contributed by atoms with Crippen molar-refractivity contribution in [2.75, 3.05) is 37.7 Å². The molecule has 6 rings (SSSR count). The molecule has 3 N–H and O–H groups in total. The van der Waals surface area contributed by atoms with Crippen molar-refractivity contribution in [2.45, 2.75) is 44.6 Å². The number of piperidine rings is 1. The van der Waals surface area contributed by atoms with Crippen LogP contribution in [0.3, 0.4) is 0 Å². The standard InChI is InChI=1S/C25H33N5O2/c31-24(27-15-16-7-9-26-10-8-16)20-5-6-23-25(29-20)32-12-11-30(23)19-13-21(17-1-2-17)28-22(14-19)18-3-4-18/h5-6,13-14,16-18,21,26,28H,1-4,7-12,15H2,(H,27,31). The van der Waals surface area contributed by atoms with Crippen molar-refractivity contribution in [3.05, 3.63) is 41.4 Å². The molecule has 2 saturated carbocycles. The molecule has 1 saturated heterocycles. The van der Waals surface area contributed by atoms with E-state index in [1.54, 1.807) is 0 Å². The van der Waals surface area contributed by atoms with Gasteiger partial charge in [-0.2, -0.15) is 0 Å². The van der Waals surface area contributed by atoms with E-state index < -0.39 is 0 Å². The van der Waals surface area contributed by atoms with Crippen LogP contribution in [0, 0.1) is 17.8 Å². The molecule has 0 spiro atoms. The van der Waals surface area contributed by atoms with E-state index in [-0.39, 0.29) is 5.91 Å². The van der Waals surface area contributed by atoms with Crippen LogP contribution in [-0.2, 0) is 0 Å². The number of fused-ring (bicyclic) bond motifs is 1. The van der Waals surface area contributed by atoms with Crippen LogP contribution in [0.2, 0.25) is 0 Å². The zero-order valence-electron chi connectivity index (χ0n) is 18.6. The van der Waals surface area contributed by atoms with Crippen LogP contribution in [0.25, 0.3) is 0 Å². The number of nitrogens with one attached hydrogen (secondary N) is 3. The lowest BCUT2D eigenvalue weighted by Crippen LogP contribution is -2.39. The molecule has 32 heavy (non-hydrogen) atoms. The SMILES string of the molecule is O=C(NCC1CCNCC1)c1ccc2c(n1)OCCN2C1=CC(C2CC2)NC(C2CC2)=C1. The number of nitrogens with zero attached hydrogens (tertiary/aromatic N) is 2. The zero-order valence-corrected chi connectivity index (χ0v) is 18.6. The molecule has 3 fully saturated rings. The highest BCUT2D eigenvalue weighted by molar-refractivity contribution is 5.93. The lowest BCUT2D eigenvalue weighted by Gasteiger charge is -2.35. The van der Waals surface area contributed by atoms with E-state index in [0.717, 1.165) is 44.1 Å². The van der Waals surface area contributed by atoms with E-state index in [9.17, 15) is 4.79 Å². The van der Waals surface area contributed by atoms with Crippen molar-refractivity contribution in [1.82, 2.24) is 20.9 Å². The lowest BCUT2D eigenvalue weighted by atomic mass is 9.98. The molecule has 1 atom stereocenters. The second kappa shape index (κ2) is 8.43. The van der Waals surface area contributed by atoms with Crippen LogP contribution in [0.15, 0.2) is 35.7 Å². The first-order valence-corrected chi connectivity index (χ1v) is 12.3. The van der Waals surface area contributed by atoms with Gasteiger partial charge < -0.3 is 25.6 Å². The highest BCUT2D eigenvalue weighted by atomic mass is 16.5. The van der Waals surface area contributed by atoms with E-state index in [2.05, 4.69) is 38.0 Å². The van der Waals surface area contributed by atoms with Gasteiger partial charge in [-0.25, -0.2) is 4.98 Å². The third-order valence-electron chi connectivity index (χ3n) is 7.37. The molecule has 1 amide bonds. The van der Waals surface area contributed by atoms with Gasteiger partial charge in [-0.1, -0.05) is 0 Å². The number of dihydropyridines is 1. The second-order valence-corrected chi connectivity index (χ2v) is 9.90. The first-order valence-electron chi connectivity index (χ1n) is 12.3. The van der Waals surface area contributed by atoms with Gasteiger partial charge in [0.25, 0.3) is 5.91 Å². The van der Waals surface area contributed by atoms with E-state index in [0.29, 0.717) is 42.6 Å². The number of carbonyl (C=O) groups is 1. The van der Waals surface area contributed by atoms with Crippen LogP contribution in [-0.4, -0.2) is 49.7 Å². The Kier molecular flexibility index (Phi) is 5.29. The molecule has 7 nitrogen and oxygen atoms in total. The summed E-state index contributed by atoms with van der Waals surface area (Å²) >= 11 is 0. The second-order valence-electron chi connectivity index (χ2n) is 9.90. The highest BCUT2D eigenvalue weighted by Crippen LogP contribution is 2.42. The molecular weight excluding hydrogens is 402 g/mol. The summed E-state index contributed by atoms with van der Waals surface area (Å²) in [4.78, 5) is 19.6. The molecule has 170 valence electrons. The Morgan fingerprint density at radius 2 is 2.00 bits per heavy atom. The Labute approximate surface area is 189 Å². The maximum Gasteiger partial charge on any atom is 0.270 e. The van der Waals surface area contributed by atoms with Gasteiger partial charge in [-0.05, 0) is 93.7 Å². The molecule has 4 heterocycles. The molecular formula is C25H33N5O2. The summed E-state index contributed by atoms with van der Waals surface area (Å²) in [7, 11) is 0. The first kappa shape index (κ1) is 20.1. The summed E-state index contributed by atoms with van der Waals surface area (Å²) in [6, 6.07) is 4.27. The Bertz CT molecular complexity index is 944. The summed E-state index contributed by atoms with van der Waals surface area (Å²) in [6.07, 6.45) is 12.1. The fraction of sp³-hybridized carbons (Fsp3) is 0.600. The molecule has 3 aliphatic heterocycles.